The summed E-state index contributed by atoms with van der Waals surface area (Å²) in [6.07, 6.45) is 0. The van der Waals surface area contributed by atoms with Crippen molar-refractivity contribution in [3.8, 4) is 34.3 Å². The first-order chi connectivity index (χ1) is 11.2. The van der Waals surface area contributed by atoms with Crippen LogP contribution in [0.25, 0.3) is 21.9 Å². The molecule has 0 radical (unpaired) electrons. The fourth-order valence-electron chi connectivity index (χ4n) is 3.43. The Kier molecular flexibility index (Phi) is 2.15. The van der Waals surface area contributed by atoms with Gasteiger partial charge in [0.1, 0.15) is 5.75 Å². The molecule has 1 aliphatic carbocycles. The number of H-pyrrole nitrogens is 1. The number of aromatic amines is 1. The fourth-order valence-corrected chi connectivity index (χ4v) is 3.43. The summed E-state index contributed by atoms with van der Waals surface area (Å²) in [4.78, 5) is 15.7. The van der Waals surface area contributed by atoms with Crippen molar-refractivity contribution < 1.29 is 24.1 Å². The van der Waals surface area contributed by atoms with Crippen LogP contribution in [0.1, 0.15) is 16.1 Å². The maximum Gasteiger partial charge on any atom is 0.231 e. The van der Waals surface area contributed by atoms with Crippen LogP contribution in [0, 0.1) is 0 Å². The summed E-state index contributed by atoms with van der Waals surface area (Å²) in [5.41, 5.74) is 2.25. The predicted molar refractivity (Wildman–Crippen MR) is 81.5 cm³/mol. The van der Waals surface area contributed by atoms with Crippen molar-refractivity contribution in [1.29, 1.82) is 0 Å². The van der Waals surface area contributed by atoms with E-state index in [9.17, 15) is 9.90 Å². The molecule has 0 atom stereocenters. The first-order valence-corrected chi connectivity index (χ1v) is 7.10. The minimum absolute atomic E-state index is 0.0605. The van der Waals surface area contributed by atoms with E-state index in [0.717, 1.165) is 5.56 Å². The summed E-state index contributed by atoms with van der Waals surface area (Å²) in [7, 11) is 1.52. The van der Waals surface area contributed by atoms with E-state index in [-0.39, 0.29) is 18.5 Å². The second-order valence-electron chi connectivity index (χ2n) is 5.47. The number of hydrogen-bond donors (Lipinski definition) is 2. The van der Waals surface area contributed by atoms with Crippen molar-refractivity contribution >= 4 is 16.6 Å². The van der Waals surface area contributed by atoms with Crippen molar-refractivity contribution in [2.45, 2.75) is 0 Å². The highest BCUT2D eigenvalue weighted by Crippen LogP contribution is 2.53. The van der Waals surface area contributed by atoms with Crippen molar-refractivity contribution in [3.05, 3.63) is 35.5 Å². The number of aromatic hydroxyl groups is 1. The van der Waals surface area contributed by atoms with Crippen molar-refractivity contribution in [1.82, 2.24) is 4.98 Å². The molecule has 23 heavy (non-hydrogen) atoms. The van der Waals surface area contributed by atoms with E-state index in [1.54, 1.807) is 12.1 Å². The largest absolute Gasteiger partial charge is 0.496 e. The van der Waals surface area contributed by atoms with Crippen LogP contribution < -0.4 is 14.2 Å². The van der Waals surface area contributed by atoms with E-state index in [0.29, 0.717) is 44.8 Å². The molecule has 6 heteroatoms. The standard InChI is InChI=1S/C17H11NO5/c1-21-9-4-2-3-7-11(9)15(19)14-12-8(17(20)18-14)5-10-16(13(7)12)23-6-22-10/h2-5,18,20H,6H2,1H3. The maximum absolute atomic E-state index is 12.9. The van der Waals surface area contributed by atoms with Crippen molar-refractivity contribution in [2.75, 3.05) is 13.9 Å². The Morgan fingerprint density at radius 2 is 2.13 bits per heavy atom. The van der Waals surface area contributed by atoms with E-state index in [1.807, 2.05) is 12.1 Å². The van der Waals surface area contributed by atoms with Gasteiger partial charge >= 0.3 is 0 Å². The van der Waals surface area contributed by atoms with Gasteiger partial charge in [0.2, 0.25) is 12.6 Å². The molecule has 2 N–H and O–H groups in total. The van der Waals surface area contributed by atoms with Crippen molar-refractivity contribution in [2.24, 2.45) is 0 Å². The number of aromatic nitrogens is 1. The Bertz CT molecular complexity index is 1020. The Balaban J connectivity index is 2.03. The molecular formula is C17H11NO5. The number of carbonyl (C=O) groups excluding carboxylic acids is 1. The zero-order chi connectivity index (χ0) is 15.7. The van der Waals surface area contributed by atoms with Gasteiger partial charge < -0.3 is 24.3 Å². The highest BCUT2D eigenvalue weighted by Gasteiger charge is 2.36. The third-order valence-electron chi connectivity index (χ3n) is 4.38. The lowest BCUT2D eigenvalue weighted by Crippen LogP contribution is -2.11. The molecule has 5 rings (SSSR count). The Hall–Kier alpha value is -3.15. The molecule has 3 aromatic rings. The molecule has 0 unspecified atom stereocenters. The van der Waals surface area contributed by atoms with E-state index in [1.165, 1.54) is 7.11 Å². The second kappa shape index (κ2) is 3.98. The summed E-state index contributed by atoms with van der Waals surface area (Å²) in [5, 5.41) is 11.4. The number of benzene rings is 2. The van der Waals surface area contributed by atoms with E-state index >= 15 is 0 Å². The summed E-state index contributed by atoms with van der Waals surface area (Å²) in [6, 6.07) is 7.10. The van der Waals surface area contributed by atoms with Gasteiger partial charge in [-0.3, -0.25) is 4.79 Å². The zero-order valence-corrected chi connectivity index (χ0v) is 12.1. The van der Waals surface area contributed by atoms with E-state index in [2.05, 4.69) is 4.98 Å². The summed E-state index contributed by atoms with van der Waals surface area (Å²) < 4.78 is 16.4. The van der Waals surface area contributed by atoms with Gasteiger partial charge in [0, 0.05) is 21.9 Å². The Labute approximate surface area is 130 Å². The molecule has 114 valence electrons. The van der Waals surface area contributed by atoms with Crippen molar-refractivity contribution in [3.63, 3.8) is 0 Å². The molecule has 1 aliphatic heterocycles. The zero-order valence-electron chi connectivity index (χ0n) is 12.1. The highest BCUT2D eigenvalue weighted by molar-refractivity contribution is 6.28. The highest BCUT2D eigenvalue weighted by atomic mass is 16.7. The van der Waals surface area contributed by atoms with Crippen LogP contribution in [0.3, 0.4) is 0 Å². The van der Waals surface area contributed by atoms with Gasteiger partial charge in [0.25, 0.3) is 0 Å². The molecule has 0 saturated heterocycles. The molecule has 1 aromatic heterocycles. The second-order valence-corrected chi connectivity index (χ2v) is 5.47. The van der Waals surface area contributed by atoms with Gasteiger partial charge in [0.05, 0.1) is 18.4 Å². The lowest BCUT2D eigenvalue weighted by molar-refractivity contribution is 0.103. The number of ether oxygens (including phenoxy) is 3. The molecule has 2 aromatic carbocycles. The van der Waals surface area contributed by atoms with Crippen LogP contribution in [0.2, 0.25) is 0 Å². The number of nitrogens with one attached hydrogen (secondary N) is 1. The van der Waals surface area contributed by atoms with Crippen LogP contribution in [0.4, 0.5) is 0 Å². The van der Waals surface area contributed by atoms with Gasteiger partial charge in [0.15, 0.2) is 17.4 Å². The minimum Gasteiger partial charge on any atom is -0.496 e. The quantitative estimate of drug-likeness (QED) is 0.565. The van der Waals surface area contributed by atoms with Crippen LogP contribution in [-0.4, -0.2) is 29.8 Å². The van der Waals surface area contributed by atoms with Gasteiger partial charge in [-0.05, 0) is 12.1 Å². The maximum atomic E-state index is 12.9. The average Bonchev–Trinajstić information content (AvgIpc) is 3.16. The molecule has 0 fully saturated rings. The number of carbonyl (C=O) groups is 1. The van der Waals surface area contributed by atoms with Gasteiger partial charge in [-0.1, -0.05) is 12.1 Å². The average molecular weight is 309 g/mol. The molecule has 0 spiro atoms. The monoisotopic (exact) mass is 309 g/mol. The van der Waals surface area contributed by atoms with Gasteiger partial charge in [-0.15, -0.1) is 0 Å². The smallest absolute Gasteiger partial charge is 0.231 e. The predicted octanol–water partition coefficient (Wildman–Crippen LogP) is 2.82. The van der Waals surface area contributed by atoms with Crippen LogP contribution in [-0.2, 0) is 0 Å². The first-order valence-electron chi connectivity index (χ1n) is 7.10. The molecule has 6 nitrogen and oxygen atoms in total. The third-order valence-corrected chi connectivity index (χ3v) is 4.38. The first kappa shape index (κ1) is 12.4. The summed E-state index contributed by atoms with van der Waals surface area (Å²) >= 11 is 0. The third kappa shape index (κ3) is 1.35. The topological polar surface area (TPSA) is 80.8 Å². The summed E-state index contributed by atoms with van der Waals surface area (Å²) in [5.74, 6) is 1.34. The SMILES string of the molecule is COc1cccc2c1C(=O)c1[nH]c(O)c3cc4c(c-2c13)OCO4. The van der Waals surface area contributed by atoms with Crippen LogP contribution in [0.15, 0.2) is 24.3 Å². The van der Waals surface area contributed by atoms with Gasteiger partial charge in [-0.25, -0.2) is 0 Å². The lowest BCUT2D eigenvalue weighted by atomic mass is 9.85. The minimum atomic E-state index is -0.214. The molecule has 2 aliphatic rings. The molecule has 0 bridgehead atoms. The Morgan fingerprint density at radius 1 is 1.26 bits per heavy atom. The number of rotatable bonds is 1. The summed E-state index contributed by atoms with van der Waals surface area (Å²) in [6.45, 7) is 0.113. The fraction of sp³-hybridized carbons (Fsp3) is 0.118. The van der Waals surface area contributed by atoms with Gasteiger partial charge in [-0.2, -0.15) is 0 Å². The number of methoxy groups -OCH3 is 1. The Morgan fingerprint density at radius 3 is 2.96 bits per heavy atom. The molecular weight excluding hydrogens is 298 g/mol. The number of hydrogen-bond acceptors (Lipinski definition) is 5. The van der Waals surface area contributed by atoms with Crippen LogP contribution in [0.5, 0.6) is 23.1 Å². The molecule has 0 saturated carbocycles. The van der Waals surface area contributed by atoms with Crippen LogP contribution >= 0.6 is 0 Å². The molecule has 2 heterocycles. The normalized spacial score (nSPS) is 14.2. The number of fused-ring (bicyclic) bond motifs is 4. The molecule has 0 amide bonds. The number of ketones is 1. The lowest BCUT2D eigenvalue weighted by Gasteiger charge is -2.19. The van der Waals surface area contributed by atoms with E-state index in [4.69, 9.17) is 14.2 Å². The van der Waals surface area contributed by atoms with E-state index < -0.39 is 0 Å².